The lowest BCUT2D eigenvalue weighted by molar-refractivity contribution is 0.0718. The largest absolute Gasteiger partial charge is 0.485 e. The van der Waals surface area contributed by atoms with E-state index in [2.05, 4.69) is 0 Å². The number of carbonyl (C=O) groups is 1. The number of hydrogen-bond acceptors (Lipinski definition) is 6. The Morgan fingerprint density at radius 2 is 1.95 bits per heavy atom. The van der Waals surface area contributed by atoms with E-state index in [0.717, 1.165) is 0 Å². The van der Waals surface area contributed by atoms with Gasteiger partial charge in [0, 0.05) is 18.5 Å². The summed E-state index contributed by atoms with van der Waals surface area (Å²) in [5.41, 5.74) is 0. The molecule has 0 saturated carbocycles. The molecule has 1 aromatic heterocycles. The highest BCUT2D eigenvalue weighted by Gasteiger charge is 2.32. The van der Waals surface area contributed by atoms with Gasteiger partial charge in [0.25, 0.3) is 5.91 Å². The number of sulfone groups is 1. The Balaban J connectivity index is 1.75. The zero-order chi connectivity index (χ0) is 15.0. The highest BCUT2D eigenvalue weighted by molar-refractivity contribution is 7.91. The monoisotopic (exact) mass is 331 g/mol. The van der Waals surface area contributed by atoms with Gasteiger partial charge in [-0.05, 0) is 12.8 Å². The zero-order valence-electron chi connectivity index (χ0n) is 11.7. The first kappa shape index (κ1) is 14.6. The van der Waals surface area contributed by atoms with Gasteiger partial charge in [0.15, 0.2) is 11.5 Å². The fourth-order valence-corrected chi connectivity index (χ4v) is 4.98. The van der Waals surface area contributed by atoms with Gasteiger partial charge in [0.05, 0.1) is 11.5 Å². The minimum atomic E-state index is -2.92. The Kier molecular flexibility index (Phi) is 3.83. The molecule has 1 fully saturated rings. The number of amides is 1. The molecule has 3 heterocycles. The molecule has 8 heteroatoms. The van der Waals surface area contributed by atoms with Gasteiger partial charge in [0.1, 0.15) is 27.9 Å². The van der Waals surface area contributed by atoms with Gasteiger partial charge in [-0.3, -0.25) is 4.79 Å². The van der Waals surface area contributed by atoms with Crippen LogP contribution in [0.15, 0.2) is 5.38 Å². The molecule has 3 rings (SSSR count). The minimum absolute atomic E-state index is 0.0386. The summed E-state index contributed by atoms with van der Waals surface area (Å²) >= 11 is 1.31. The Hall–Kier alpha value is -1.28. The lowest BCUT2D eigenvalue weighted by Crippen LogP contribution is -2.42. The van der Waals surface area contributed by atoms with Gasteiger partial charge in [-0.15, -0.1) is 11.3 Å². The van der Waals surface area contributed by atoms with Crippen molar-refractivity contribution in [1.29, 1.82) is 0 Å². The summed E-state index contributed by atoms with van der Waals surface area (Å²) in [6, 6.07) is -0.0386. The Morgan fingerprint density at radius 1 is 1.29 bits per heavy atom. The van der Waals surface area contributed by atoms with Gasteiger partial charge < -0.3 is 14.4 Å². The first-order chi connectivity index (χ1) is 9.98. The van der Waals surface area contributed by atoms with E-state index in [1.807, 2.05) is 0 Å². The van der Waals surface area contributed by atoms with Crippen LogP contribution in [0.4, 0.5) is 0 Å². The maximum absolute atomic E-state index is 12.6. The summed E-state index contributed by atoms with van der Waals surface area (Å²) in [6.07, 6.45) is 0.991. The molecule has 0 radical (unpaired) electrons. The summed E-state index contributed by atoms with van der Waals surface area (Å²) in [4.78, 5) is 14.8. The third kappa shape index (κ3) is 2.87. The molecule has 0 unspecified atom stereocenters. The summed E-state index contributed by atoms with van der Waals surface area (Å²) < 4.78 is 33.9. The molecule has 116 valence electrons. The second-order valence-electron chi connectivity index (χ2n) is 5.25. The van der Waals surface area contributed by atoms with Gasteiger partial charge in [-0.2, -0.15) is 0 Å². The van der Waals surface area contributed by atoms with Crippen molar-refractivity contribution >= 4 is 27.1 Å². The van der Waals surface area contributed by atoms with Crippen molar-refractivity contribution in [3.05, 3.63) is 10.3 Å². The zero-order valence-corrected chi connectivity index (χ0v) is 13.3. The smallest absolute Gasteiger partial charge is 0.267 e. The number of rotatable bonds is 2. The van der Waals surface area contributed by atoms with E-state index in [1.54, 1.807) is 17.3 Å². The molecule has 1 aromatic rings. The van der Waals surface area contributed by atoms with Crippen LogP contribution >= 0.6 is 11.3 Å². The van der Waals surface area contributed by atoms with Gasteiger partial charge in [-0.1, -0.05) is 0 Å². The fraction of sp³-hybridized carbons (Fsp3) is 0.615. The average molecular weight is 331 g/mol. The highest BCUT2D eigenvalue weighted by Crippen LogP contribution is 2.40. The van der Waals surface area contributed by atoms with Crippen LogP contribution < -0.4 is 9.47 Å². The predicted octanol–water partition coefficient (Wildman–Crippen LogP) is 1.17. The SMILES string of the molecule is CN(C(=O)c1scc2c1OCCO2)C1CCS(=O)(=O)CC1. The minimum Gasteiger partial charge on any atom is -0.485 e. The molecule has 6 nitrogen and oxygen atoms in total. The lowest BCUT2D eigenvalue weighted by atomic mass is 10.1. The molecule has 0 N–H and O–H groups in total. The number of carbonyl (C=O) groups excluding carboxylic acids is 1. The molecule has 0 spiro atoms. The molecular weight excluding hydrogens is 314 g/mol. The summed E-state index contributed by atoms with van der Waals surface area (Å²) in [5.74, 6) is 1.31. The number of ether oxygens (including phenoxy) is 2. The van der Waals surface area contributed by atoms with Crippen LogP contribution in [-0.2, 0) is 9.84 Å². The standard InChI is InChI=1S/C13H17NO5S2/c1-14(9-2-6-21(16,17)7-3-9)13(15)12-11-10(8-20-12)18-4-5-19-11/h8-9H,2-7H2,1H3. The molecule has 1 saturated heterocycles. The first-order valence-corrected chi connectivity index (χ1v) is 9.53. The predicted molar refractivity (Wildman–Crippen MR) is 79.1 cm³/mol. The van der Waals surface area contributed by atoms with Crippen molar-refractivity contribution in [1.82, 2.24) is 4.90 Å². The summed E-state index contributed by atoms with van der Waals surface area (Å²) in [5, 5.41) is 1.78. The molecular formula is C13H17NO5S2. The van der Waals surface area contributed by atoms with Crippen LogP contribution in [0.25, 0.3) is 0 Å². The van der Waals surface area contributed by atoms with E-state index < -0.39 is 9.84 Å². The topological polar surface area (TPSA) is 72.9 Å². The summed E-state index contributed by atoms with van der Waals surface area (Å²) in [7, 11) is -1.20. The Morgan fingerprint density at radius 3 is 2.67 bits per heavy atom. The van der Waals surface area contributed by atoms with E-state index in [1.165, 1.54) is 11.3 Å². The Bertz CT molecular complexity index is 638. The van der Waals surface area contributed by atoms with Crippen LogP contribution in [0.2, 0.25) is 0 Å². The Labute approximate surface area is 127 Å². The molecule has 2 aliphatic rings. The second-order valence-corrected chi connectivity index (χ2v) is 8.44. The fourth-order valence-electron chi connectivity index (χ4n) is 2.60. The van der Waals surface area contributed by atoms with E-state index in [9.17, 15) is 13.2 Å². The van der Waals surface area contributed by atoms with Crippen molar-refractivity contribution in [2.75, 3.05) is 31.8 Å². The van der Waals surface area contributed by atoms with E-state index >= 15 is 0 Å². The third-order valence-electron chi connectivity index (χ3n) is 3.89. The first-order valence-electron chi connectivity index (χ1n) is 6.82. The van der Waals surface area contributed by atoms with E-state index in [4.69, 9.17) is 9.47 Å². The molecule has 0 atom stereocenters. The van der Waals surface area contributed by atoms with Crippen LogP contribution in [0, 0.1) is 0 Å². The molecule has 0 aliphatic carbocycles. The average Bonchev–Trinajstić information content (AvgIpc) is 2.90. The number of nitrogens with zero attached hydrogens (tertiary/aromatic N) is 1. The molecule has 21 heavy (non-hydrogen) atoms. The summed E-state index contributed by atoms with van der Waals surface area (Å²) in [6.45, 7) is 0.934. The third-order valence-corrected chi connectivity index (χ3v) is 6.53. The highest BCUT2D eigenvalue weighted by atomic mass is 32.2. The van der Waals surface area contributed by atoms with Crippen LogP contribution in [0.1, 0.15) is 22.5 Å². The van der Waals surface area contributed by atoms with Gasteiger partial charge in [0.2, 0.25) is 0 Å². The van der Waals surface area contributed by atoms with Crippen LogP contribution in [-0.4, -0.2) is 57.0 Å². The normalized spacial score (nSPS) is 21.0. The van der Waals surface area contributed by atoms with Crippen LogP contribution in [0.5, 0.6) is 11.5 Å². The molecule has 1 amide bonds. The maximum Gasteiger partial charge on any atom is 0.267 e. The maximum atomic E-state index is 12.6. The molecule has 0 bridgehead atoms. The second kappa shape index (κ2) is 5.49. The van der Waals surface area contributed by atoms with Crippen molar-refractivity contribution < 1.29 is 22.7 Å². The van der Waals surface area contributed by atoms with Gasteiger partial charge >= 0.3 is 0 Å². The van der Waals surface area contributed by atoms with Crippen molar-refractivity contribution in [3.8, 4) is 11.5 Å². The van der Waals surface area contributed by atoms with Crippen molar-refractivity contribution in [2.45, 2.75) is 18.9 Å². The van der Waals surface area contributed by atoms with Crippen molar-refractivity contribution in [2.24, 2.45) is 0 Å². The quantitative estimate of drug-likeness (QED) is 0.813. The van der Waals surface area contributed by atoms with Crippen LogP contribution in [0.3, 0.4) is 0 Å². The molecule has 0 aromatic carbocycles. The van der Waals surface area contributed by atoms with Crippen molar-refractivity contribution in [3.63, 3.8) is 0 Å². The number of hydrogen-bond donors (Lipinski definition) is 0. The van der Waals surface area contributed by atoms with E-state index in [0.29, 0.717) is 42.4 Å². The lowest BCUT2D eigenvalue weighted by Gasteiger charge is -2.31. The number of fused-ring (bicyclic) bond motifs is 1. The van der Waals surface area contributed by atoms with Gasteiger partial charge in [-0.25, -0.2) is 8.42 Å². The van der Waals surface area contributed by atoms with E-state index in [-0.39, 0.29) is 23.5 Å². The number of thiophene rings is 1. The molecule has 2 aliphatic heterocycles.